The number of anilines is 1. The highest BCUT2D eigenvalue weighted by Gasteiger charge is 2.51. The summed E-state index contributed by atoms with van der Waals surface area (Å²) in [6.45, 7) is 2.90. The fourth-order valence-electron chi connectivity index (χ4n) is 3.85. The van der Waals surface area contributed by atoms with E-state index >= 15 is 0 Å². The maximum atomic E-state index is 12.5. The lowest BCUT2D eigenvalue weighted by atomic mass is 9.81. The molecular formula is C20H24N2O5. The van der Waals surface area contributed by atoms with Crippen LogP contribution in [0, 0.1) is 18.8 Å². The van der Waals surface area contributed by atoms with Crippen LogP contribution in [0.15, 0.2) is 24.3 Å². The van der Waals surface area contributed by atoms with Crippen molar-refractivity contribution in [3.63, 3.8) is 0 Å². The lowest BCUT2D eigenvalue weighted by Crippen LogP contribution is -2.45. The van der Waals surface area contributed by atoms with Crippen LogP contribution in [0.1, 0.15) is 38.2 Å². The molecule has 27 heavy (non-hydrogen) atoms. The van der Waals surface area contributed by atoms with Gasteiger partial charge in [-0.25, -0.2) is 4.79 Å². The Bertz CT molecular complexity index is 751. The second-order valence-corrected chi connectivity index (χ2v) is 7.25. The zero-order chi connectivity index (χ0) is 19.6. The molecule has 0 radical (unpaired) electrons. The lowest BCUT2D eigenvalue weighted by molar-refractivity contribution is -0.159. The first kappa shape index (κ1) is 19.1. The number of rotatable bonds is 5. The number of esters is 1. The number of nitrogens with one attached hydrogen (secondary N) is 1. The highest BCUT2D eigenvalue weighted by Crippen LogP contribution is 2.38. The maximum absolute atomic E-state index is 12.5. The maximum Gasteiger partial charge on any atom is 0.329 e. The largest absolute Gasteiger partial charge is 0.454 e. The molecule has 3 atom stereocenters. The highest BCUT2D eigenvalue weighted by atomic mass is 16.5. The topological polar surface area (TPSA) is 92.8 Å². The molecule has 1 aromatic carbocycles. The zero-order valence-corrected chi connectivity index (χ0v) is 15.6. The minimum atomic E-state index is -1.03. The van der Waals surface area contributed by atoms with E-state index in [4.69, 9.17) is 4.74 Å². The summed E-state index contributed by atoms with van der Waals surface area (Å²) in [5.41, 5.74) is 1.60. The zero-order valence-electron chi connectivity index (χ0n) is 15.6. The average molecular weight is 372 g/mol. The van der Waals surface area contributed by atoms with Crippen molar-refractivity contribution in [2.45, 2.75) is 45.6 Å². The molecule has 0 bridgehead atoms. The first-order valence-corrected chi connectivity index (χ1v) is 9.28. The third-order valence-electron chi connectivity index (χ3n) is 5.25. The van der Waals surface area contributed by atoms with E-state index in [1.807, 2.05) is 19.1 Å². The van der Waals surface area contributed by atoms with Crippen molar-refractivity contribution in [2.75, 3.05) is 11.9 Å². The van der Waals surface area contributed by atoms with Crippen LogP contribution in [0.4, 0.5) is 5.69 Å². The molecule has 1 aliphatic carbocycles. The van der Waals surface area contributed by atoms with Crippen molar-refractivity contribution in [1.29, 1.82) is 0 Å². The molecule has 1 heterocycles. The van der Waals surface area contributed by atoms with E-state index in [1.54, 1.807) is 12.1 Å². The van der Waals surface area contributed by atoms with Crippen LogP contribution >= 0.6 is 0 Å². The quantitative estimate of drug-likeness (QED) is 0.631. The summed E-state index contributed by atoms with van der Waals surface area (Å²) >= 11 is 0. The van der Waals surface area contributed by atoms with Gasteiger partial charge in [0.25, 0.3) is 5.91 Å². The molecule has 1 N–H and O–H groups in total. The number of hydrogen-bond donors (Lipinski definition) is 1. The molecule has 1 saturated heterocycles. The summed E-state index contributed by atoms with van der Waals surface area (Å²) in [7, 11) is 0. The number of ether oxygens (including phenoxy) is 1. The van der Waals surface area contributed by atoms with Crippen molar-refractivity contribution in [1.82, 2.24) is 4.90 Å². The first-order chi connectivity index (χ1) is 12.9. The van der Waals surface area contributed by atoms with Crippen LogP contribution in [0.25, 0.3) is 0 Å². The molecular weight excluding hydrogens is 348 g/mol. The van der Waals surface area contributed by atoms with Gasteiger partial charge in [0.1, 0.15) is 6.04 Å². The van der Waals surface area contributed by atoms with Crippen LogP contribution in [-0.2, 0) is 23.9 Å². The Labute approximate surface area is 158 Å². The van der Waals surface area contributed by atoms with E-state index in [9.17, 15) is 19.2 Å². The molecule has 7 heteroatoms. The Morgan fingerprint density at radius 1 is 1.19 bits per heavy atom. The minimum Gasteiger partial charge on any atom is -0.454 e. The number of nitrogens with zero attached hydrogens (tertiary/aromatic N) is 1. The van der Waals surface area contributed by atoms with Gasteiger partial charge in [-0.15, -0.1) is 0 Å². The van der Waals surface area contributed by atoms with Gasteiger partial charge in [-0.05, 0) is 44.4 Å². The Morgan fingerprint density at radius 3 is 2.41 bits per heavy atom. The predicted molar refractivity (Wildman–Crippen MR) is 97.5 cm³/mol. The Balaban J connectivity index is 1.55. The highest BCUT2D eigenvalue weighted by molar-refractivity contribution is 6.08. The van der Waals surface area contributed by atoms with Gasteiger partial charge in [-0.3, -0.25) is 19.3 Å². The van der Waals surface area contributed by atoms with Gasteiger partial charge in [-0.1, -0.05) is 25.0 Å². The van der Waals surface area contributed by atoms with Crippen LogP contribution in [0.5, 0.6) is 0 Å². The monoisotopic (exact) mass is 372 g/mol. The minimum absolute atomic E-state index is 0.293. The summed E-state index contributed by atoms with van der Waals surface area (Å²) < 4.78 is 5.03. The van der Waals surface area contributed by atoms with E-state index in [1.165, 1.54) is 6.92 Å². The van der Waals surface area contributed by atoms with Gasteiger partial charge in [0.15, 0.2) is 6.61 Å². The molecule has 0 unspecified atom stereocenters. The molecule has 0 aromatic heterocycles. The van der Waals surface area contributed by atoms with E-state index in [0.29, 0.717) is 18.5 Å². The standard InChI is InChI=1S/C20H24N2O5/c1-12-6-5-7-14(10-12)21-17(23)11-27-20(26)13(2)22-18(24)15-8-3-4-9-16(15)19(22)25/h5-7,10,13,15-16H,3-4,8-9,11H2,1-2H3,(H,21,23)/t13-,15-,16-/m0/s1. The van der Waals surface area contributed by atoms with Gasteiger partial charge in [0.2, 0.25) is 11.8 Å². The summed E-state index contributed by atoms with van der Waals surface area (Å²) in [5, 5.41) is 2.64. The fourth-order valence-corrected chi connectivity index (χ4v) is 3.85. The van der Waals surface area contributed by atoms with Gasteiger partial charge in [0, 0.05) is 5.69 Å². The summed E-state index contributed by atoms with van der Waals surface area (Å²) in [5.74, 6) is -2.45. The number of fused-ring (bicyclic) bond motifs is 1. The number of amides is 3. The molecule has 1 aromatic rings. The second-order valence-electron chi connectivity index (χ2n) is 7.25. The van der Waals surface area contributed by atoms with E-state index in [2.05, 4.69) is 5.32 Å². The second kappa shape index (κ2) is 7.90. The SMILES string of the molecule is Cc1cccc(NC(=O)COC(=O)[C@H](C)N2C(=O)[C@H]3CCCC[C@@H]3C2=O)c1. The Morgan fingerprint density at radius 2 is 1.81 bits per heavy atom. The van der Waals surface area contributed by atoms with Crippen molar-refractivity contribution in [3.05, 3.63) is 29.8 Å². The van der Waals surface area contributed by atoms with Crippen LogP contribution in [0.2, 0.25) is 0 Å². The van der Waals surface area contributed by atoms with Gasteiger partial charge in [-0.2, -0.15) is 0 Å². The number of likely N-dealkylation sites (tertiary alicyclic amines) is 1. The molecule has 144 valence electrons. The number of carbonyl (C=O) groups excluding carboxylic acids is 4. The molecule has 3 amide bonds. The fraction of sp³-hybridized carbons (Fsp3) is 0.500. The summed E-state index contributed by atoms with van der Waals surface area (Å²) in [6, 6.07) is 6.22. The predicted octanol–water partition coefficient (Wildman–Crippen LogP) is 2.04. The summed E-state index contributed by atoms with van der Waals surface area (Å²) in [6.07, 6.45) is 3.22. The number of imide groups is 1. The van der Waals surface area contributed by atoms with Crippen LogP contribution in [0.3, 0.4) is 0 Å². The molecule has 1 saturated carbocycles. The van der Waals surface area contributed by atoms with Crippen LogP contribution in [-0.4, -0.2) is 41.2 Å². The first-order valence-electron chi connectivity index (χ1n) is 9.28. The van der Waals surface area contributed by atoms with E-state index in [0.717, 1.165) is 23.3 Å². The van der Waals surface area contributed by atoms with Gasteiger partial charge >= 0.3 is 5.97 Å². The Hall–Kier alpha value is -2.70. The van der Waals surface area contributed by atoms with Gasteiger partial charge < -0.3 is 10.1 Å². The van der Waals surface area contributed by atoms with E-state index < -0.39 is 24.5 Å². The number of hydrogen-bond acceptors (Lipinski definition) is 5. The molecule has 2 aliphatic rings. The smallest absolute Gasteiger partial charge is 0.329 e. The number of carbonyl (C=O) groups is 4. The normalized spacial score (nSPS) is 23.0. The molecule has 1 aliphatic heterocycles. The Kier molecular flexibility index (Phi) is 5.58. The van der Waals surface area contributed by atoms with Crippen LogP contribution < -0.4 is 5.32 Å². The van der Waals surface area contributed by atoms with Crippen molar-refractivity contribution < 1.29 is 23.9 Å². The molecule has 7 nitrogen and oxygen atoms in total. The average Bonchev–Trinajstić information content (AvgIpc) is 2.90. The molecule has 0 spiro atoms. The van der Waals surface area contributed by atoms with Gasteiger partial charge in [0.05, 0.1) is 11.8 Å². The third kappa shape index (κ3) is 4.02. The van der Waals surface area contributed by atoms with Crippen molar-refractivity contribution in [3.8, 4) is 0 Å². The summed E-state index contributed by atoms with van der Waals surface area (Å²) in [4.78, 5) is 50.3. The molecule has 2 fully saturated rings. The van der Waals surface area contributed by atoms with E-state index in [-0.39, 0.29) is 23.7 Å². The van der Waals surface area contributed by atoms with Crippen molar-refractivity contribution >= 4 is 29.4 Å². The number of benzene rings is 1. The van der Waals surface area contributed by atoms with Crippen molar-refractivity contribution in [2.24, 2.45) is 11.8 Å². The lowest BCUT2D eigenvalue weighted by Gasteiger charge is -2.21. The number of aryl methyl sites for hydroxylation is 1. The third-order valence-corrected chi connectivity index (χ3v) is 5.25. The molecule has 3 rings (SSSR count).